The molecule has 0 spiro atoms. The molecule has 0 amide bonds. The molecule has 0 atom stereocenters. The predicted octanol–water partition coefficient (Wildman–Crippen LogP) is 14.7. The number of carbonyl (C=O) groups excluding carboxylic acids is 3. The van der Waals surface area contributed by atoms with Gasteiger partial charge >= 0.3 is 23.9 Å². The fourth-order valence-electron chi connectivity index (χ4n) is 13.5. The lowest BCUT2D eigenvalue weighted by molar-refractivity contribution is 0.0366. The molecule has 4 aliphatic rings. The van der Waals surface area contributed by atoms with Gasteiger partial charge in [0.1, 0.15) is 50.7 Å². The van der Waals surface area contributed by atoms with Gasteiger partial charge in [-0.15, -0.1) is 0 Å². The molecule has 0 aliphatic heterocycles. The zero-order valence-corrected chi connectivity index (χ0v) is 66.4. The van der Waals surface area contributed by atoms with Crippen LogP contribution < -0.4 is 19.4 Å². The fraction of sp³-hybridized carbons (Fsp3) is 0.350. The smallest absolute Gasteiger partial charge is 0.342 e. The van der Waals surface area contributed by atoms with Gasteiger partial charge in [-0.3, -0.25) is 0 Å². The second-order valence-electron chi connectivity index (χ2n) is 27.3. The molecule has 1 N–H and O–H groups in total. The van der Waals surface area contributed by atoms with Crippen LogP contribution in [-0.4, -0.2) is 168 Å². The van der Waals surface area contributed by atoms with Gasteiger partial charge in [0, 0.05) is 74.8 Å². The highest BCUT2D eigenvalue weighted by atomic mass is 32.2. The molecule has 8 heterocycles. The monoisotopic (exact) mass is 1560 g/mol. The minimum atomic E-state index is -3.67. The summed E-state index contributed by atoms with van der Waals surface area (Å²) in [7, 11) is 2.79. The predicted molar refractivity (Wildman–Crippen MR) is 422 cm³/mol. The Morgan fingerprint density at radius 3 is 0.991 bits per heavy atom. The van der Waals surface area contributed by atoms with E-state index < -0.39 is 33.7 Å². The van der Waals surface area contributed by atoms with Crippen LogP contribution in [0.3, 0.4) is 0 Å². The van der Waals surface area contributed by atoms with Gasteiger partial charge in [0.05, 0.1) is 88.4 Å². The third-order valence-corrected chi connectivity index (χ3v) is 21.5. The van der Waals surface area contributed by atoms with Crippen LogP contribution in [0.4, 0.5) is 0 Å². The Morgan fingerprint density at radius 1 is 0.445 bits per heavy atom. The third-order valence-electron chi connectivity index (χ3n) is 19.0. The van der Waals surface area contributed by atoms with Crippen molar-refractivity contribution < 1.29 is 66.3 Å². The van der Waals surface area contributed by atoms with Crippen LogP contribution in [0.1, 0.15) is 173 Å². The van der Waals surface area contributed by atoms with Crippen molar-refractivity contribution in [3.8, 4) is 45.0 Å². The summed E-state index contributed by atoms with van der Waals surface area (Å²) in [4.78, 5) is 106. The van der Waals surface area contributed by atoms with Crippen molar-refractivity contribution in [2.45, 2.75) is 142 Å². The lowest BCUT2D eigenvalue weighted by atomic mass is 10.0. The number of fused-ring (bicyclic) bond motifs is 4. The Bertz CT molecular complexity index is 5640. The summed E-state index contributed by atoms with van der Waals surface area (Å²) in [6, 6.07) is 24.5. The maximum Gasteiger partial charge on any atom is 0.342 e. The molecule has 12 aromatic rings. The number of aromatic carboxylic acids is 1. The van der Waals surface area contributed by atoms with E-state index in [4.69, 9.17) is 33.6 Å². The number of aromatic nitrogens is 12. The normalized spacial score (nSPS) is 14.0. The molecule has 30 heteroatoms. The first-order valence-corrected chi connectivity index (χ1v) is 41.5. The molecule has 0 bridgehead atoms. The molecule has 26 nitrogen and oxygen atoms in total. The van der Waals surface area contributed by atoms with Crippen LogP contribution >= 0.6 is 35.3 Å². The van der Waals surface area contributed by atoms with Crippen LogP contribution in [-0.2, 0) is 24.0 Å². The van der Waals surface area contributed by atoms with E-state index in [1.807, 2.05) is 87.6 Å². The number of sulfone groups is 1. The molecule has 0 radical (unpaired) electrons. The van der Waals surface area contributed by atoms with E-state index in [0.717, 1.165) is 85.0 Å². The second-order valence-corrected chi connectivity index (χ2v) is 31.5. The van der Waals surface area contributed by atoms with Crippen molar-refractivity contribution in [3.05, 3.63) is 167 Å². The molecule has 4 aliphatic carbocycles. The zero-order chi connectivity index (χ0) is 78.0. The lowest BCUT2D eigenvalue weighted by Gasteiger charge is -2.11. The summed E-state index contributed by atoms with van der Waals surface area (Å²) in [5.74, 6) is -0.346. The highest BCUT2D eigenvalue weighted by Gasteiger charge is 2.35. The van der Waals surface area contributed by atoms with Crippen LogP contribution in [0.15, 0.2) is 143 Å². The summed E-state index contributed by atoms with van der Waals surface area (Å²) in [6.07, 6.45) is 28.5. The number of nitrogens with zero attached hydrogens (tertiary/aromatic N) is 12. The zero-order valence-electron chi connectivity index (χ0n) is 63.1. The van der Waals surface area contributed by atoms with Gasteiger partial charge in [-0.2, -0.15) is 18.9 Å². The number of rotatable bonds is 23. The van der Waals surface area contributed by atoms with Gasteiger partial charge in [0.2, 0.25) is 15.0 Å². The molecule has 8 aromatic heterocycles. The van der Waals surface area contributed by atoms with Gasteiger partial charge in [-0.1, -0.05) is 108 Å². The van der Waals surface area contributed by atoms with Crippen molar-refractivity contribution in [3.63, 3.8) is 0 Å². The third kappa shape index (κ3) is 16.2. The van der Waals surface area contributed by atoms with Crippen LogP contribution in [0.25, 0.3) is 88.6 Å². The van der Waals surface area contributed by atoms with E-state index in [1.54, 1.807) is 86.7 Å². The van der Waals surface area contributed by atoms with Crippen LogP contribution in [0.5, 0.6) is 0 Å². The number of para-hydroxylation sites is 4. The summed E-state index contributed by atoms with van der Waals surface area (Å²) in [5.41, 5.74) is 14.6. The van der Waals surface area contributed by atoms with Gasteiger partial charge in [-0.25, -0.2) is 67.5 Å². The SMILES string of the molecule is CCOC(=O)c1cnc(SC)nc1-c1cn(OC)c2c(C3CC3)cccc12.COn1cc(-c2nc(S(C)(=O)=O)ncc2C(=O)OC(C)C)c2cccc(C3CC3)c21.COn1cc(-c2nc(SC)ncc2C(=O)O)c2cccc(C3CC3)c21.COn1cc(-c2nc(SC)ncc2C(=O)OC(C)C)c2cccc(C3CC3)c21. The number of ether oxygens (including phenoxy) is 3. The summed E-state index contributed by atoms with van der Waals surface area (Å²) in [5, 5.41) is 14.7. The quantitative estimate of drug-likeness (QED) is 0.0269. The Labute approximate surface area is 648 Å². The van der Waals surface area contributed by atoms with Crippen LogP contribution in [0.2, 0.25) is 0 Å². The number of thioether (sulfide) groups is 3. The second kappa shape index (κ2) is 32.9. The first kappa shape index (κ1) is 77.6. The van der Waals surface area contributed by atoms with E-state index in [0.29, 0.717) is 79.5 Å². The van der Waals surface area contributed by atoms with E-state index in [2.05, 4.69) is 76.3 Å². The molecule has 0 unspecified atom stereocenters. The average Bonchev–Trinajstić information content (AvgIpc) is 1.61. The van der Waals surface area contributed by atoms with E-state index in [-0.39, 0.29) is 34.2 Å². The standard InChI is InChI=1S/C21H23N3O5S.C21H23N3O3S.C20H21N3O3S.C18H17N3O3S/c1-12(2)29-20(25)16-10-22-21(30(4,26)27)23-18(16)17-11-24(28-3)19-14(13-8-9-13)6-5-7-15(17)19;1-12(2)27-20(25)16-10-22-21(28-4)23-18(16)17-11-24(26-3)19-14(13-8-9-13)6-5-7-15(17)19;1-4-26-19(24)15-10-21-20(27-3)22-17(15)16-11-23(25-2)18-13(12-8-9-12)6-5-7-14(16)18;1-24-21-9-14(12-5-3-4-11(16(12)21)10-6-7-10)15-13(17(22)23)8-19-18(20-15)25-2/h5-7,10-13H,8-9H2,1-4H3;5-7,10-13H,8-9H2,1-4H3;5-7,10-12H,4,8-9H2,1-3H3;3-5,8-10H,6-7H2,1-2H3,(H,22,23). The Kier molecular flexibility index (Phi) is 23.2. The van der Waals surface area contributed by atoms with Crippen molar-refractivity contribution in [1.82, 2.24) is 58.8 Å². The summed E-state index contributed by atoms with van der Waals surface area (Å²) < 4.78 is 47.0. The number of hydrogen-bond acceptors (Lipinski definition) is 24. The maximum atomic E-state index is 12.7. The molecule has 4 saturated carbocycles. The van der Waals surface area contributed by atoms with Crippen LogP contribution in [0, 0.1) is 0 Å². The summed E-state index contributed by atoms with van der Waals surface area (Å²) >= 11 is 4.25. The van der Waals surface area contributed by atoms with Gasteiger partial charge in [0.25, 0.3) is 0 Å². The topological polar surface area (TPSA) is 310 Å². The van der Waals surface area contributed by atoms with Gasteiger partial charge in [0.15, 0.2) is 15.5 Å². The largest absolute Gasteiger partial charge is 0.478 e. The van der Waals surface area contributed by atoms with Gasteiger partial charge < -0.3 is 38.7 Å². The molecule has 0 saturated heterocycles. The average molecular weight is 1570 g/mol. The van der Waals surface area contributed by atoms with Gasteiger partial charge in [-0.05, 0) is 151 Å². The number of hydrogen-bond donors (Lipinski definition) is 1. The van der Waals surface area contributed by atoms with Crippen molar-refractivity contribution in [1.29, 1.82) is 0 Å². The minimum absolute atomic E-state index is 0.0878. The summed E-state index contributed by atoms with van der Waals surface area (Å²) in [6.45, 7) is 9.21. The molecular formula is C80H84N12O14S4. The number of esters is 3. The molecule has 16 rings (SSSR count). The first-order chi connectivity index (χ1) is 53.0. The van der Waals surface area contributed by atoms with Crippen molar-refractivity contribution in [2.24, 2.45) is 0 Å². The maximum absolute atomic E-state index is 12.7. The Balaban J connectivity index is 0.000000129. The Hall–Kier alpha value is -10.6. The highest BCUT2D eigenvalue weighted by Crippen LogP contribution is 2.49. The van der Waals surface area contributed by atoms with E-state index in [9.17, 15) is 32.7 Å². The van der Waals surface area contributed by atoms with Crippen molar-refractivity contribution >= 4 is 113 Å². The lowest BCUT2D eigenvalue weighted by Crippen LogP contribution is -2.15. The number of carboxylic acid groups (broad SMARTS) is 1. The number of benzene rings is 4. The number of carboxylic acids is 1. The van der Waals surface area contributed by atoms with E-state index >= 15 is 0 Å². The minimum Gasteiger partial charge on any atom is -0.478 e. The van der Waals surface area contributed by atoms with Crippen molar-refractivity contribution in [2.75, 3.05) is 60.1 Å². The fourth-order valence-corrected chi connectivity index (χ4v) is 15.0. The Morgan fingerprint density at radius 2 is 0.727 bits per heavy atom. The molecule has 4 aromatic carbocycles. The molecule has 572 valence electrons. The van der Waals surface area contributed by atoms with E-state index in [1.165, 1.54) is 103 Å². The molecule has 110 heavy (non-hydrogen) atoms. The number of carbonyl (C=O) groups is 4. The highest BCUT2D eigenvalue weighted by molar-refractivity contribution is 7.98. The molecule has 4 fully saturated rings. The molecular weight excluding hydrogens is 1480 g/mol. The first-order valence-electron chi connectivity index (χ1n) is 35.9.